The van der Waals surface area contributed by atoms with Crippen LogP contribution in [0.5, 0.6) is 11.5 Å². The second kappa shape index (κ2) is 8.23. The highest BCUT2D eigenvalue weighted by molar-refractivity contribution is 5.94. The Labute approximate surface area is 131 Å². The Morgan fingerprint density at radius 2 is 1.50 bits per heavy atom. The normalized spacial score (nSPS) is 10.3. The molecule has 0 heterocycles. The summed E-state index contributed by atoms with van der Waals surface area (Å²) in [7, 11) is 0. The number of unbranched alkanes of at least 4 members (excludes halogenated alkanes) is 1. The first-order valence-electron chi connectivity index (χ1n) is 7.58. The van der Waals surface area contributed by atoms with E-state index in [2.05, 4.69) is 13.0 Å². The second-order valence-corrected chi connectivity index (χ2v) is 5.30. The van der Waals surface area contributed by atoms with Crippen LogP contribution < -0.4 is 9.47 Å². The lowest BCUT2D eigenvalue weighted by molar-refractivity contribution is 0.101. The first-order chi connectivity index (χ1) is 10.6. The third-order valence-corrected chi connectivity index (χ3v) is 3.31. The number of benzene rings is 2. The number of carbonyl (C=O) groups excluding carboxylic acids is 1. The molecular weight excluding hydrogens is 276 g/mol. The molecule has 2 aromatic carbocycles. The van der Waals surface area contributed by atoms with Gasteiger partial charge in [-0.1, -0.05) is 24.3 Å². The van der Waals surface area contributed by atoms with Crippen LogP contribution in [0.4, 0.5) is 0 Å². The van der Waals surface area contributed by atoms with E-state index in [-0.39, 0.29) is 5.78 Å². The standard InChI is InChI=1S/C19H22O3/c1-15-7-5-9-18(13-15)21-11-3-4-12-22-19-10-6-8-17(14-19)16(2)20/h5-10,13-14H,3-4,11-12H2,1-2H3. The average Bonchev–Trinajstić information content (AvgIpc) is 2.51. The fourth-order valence-electron chi connectivity index (χ4n) is 2.09. The van der Waals surface area contributed by atoms with Crippen molar-refractivity contribution in [1.82, 2.24) is 0 Å². The summed E-state index contributed by atoms with van der Waals surface area (Å²) in [5.41, 5.74) is 1.88. The molecule has 0 saturated heterocycles. The molecule has 0 N–H and O–H groups in total. The molecule has 3 heteroatoms. The molecule has 0 aliphatic carbocycles. The molecule has 0 aliphatic rings. The molecule has 0 saturated carbocycles. The van der Waals surface area contributed by atoms with Gasteiger partial charge in [0, 0.05) is 5.56 Å². The molecule has 22 heavy (non-hydrogen) atoms. The van der Waals surface area contributed by atoms with Crippen LogP contribution in [0.1, 0.15) is 35.7 Å². The van der Waals surface area contributed by atoms with Gasteiger partial charge in [-0.15, -0.1) is 0 Å². The Kier molecular flexibility index (Phi) is 6.01. The van der Waals surface area contributed by atoms with Gasteiger partial charge in [0.25, 0.3) is 0 Å². The molecule has 0 atom stereocenters. The quantitative estimate of drug-likeness (QED) is 0.534. The van der Waals surface area contributed by atoms with Gasteiger partial charge in [-0.2, -0.15) is 0 Å². The van der Waals surface area contributed by atoms with E-state index in [4.69, 9.17) is 9.47 Å². The topological polar surface area (TPSA) is 35.5 Å². The van der Waals surface area contributed by atoms with Gasteiger partial charge in [0.2, 0.25) is 0 Å². The monoisotopic (exact) mass is 298 g/mol. The van der Waals surface area contributed by atoms with Crippen LogP contribution in [-0.2, 0) is 0 Å². The summed E-state index contributed by atoms with van der Waals surface area (Å²) in [6, 6.07) is 15.3. The molecule has 0 amide bonds. The van der Waals surface area contributed by atoms with Crippen LogP contribution in [0.25, 0.3) is 0 Å². The minimum Gasteiger partial charge on any atom is -0.494 e. The molecular formula is C19H22O3. The lowest BCUT2D eigenvalue weighted by Gasteiger charge is -2.08. The lowest BCUT2D eigenvalue weighted by atomic mass is 10.1. The van der Waals surface area contributed by atoms with E-state index < -0.39 is 0 Å². The van der Waals surface area contributed by atoms with Crippen molar-refractivity contribution in [3.63, 3.8) is 0 Å². The van der Waals surface area contributed by atoms with E-state index in [9.17, 15) is 4.79 Å². The number of hydrogen-bond donors (Lipinski definition) is 0. The Balaban J connectivity index is 1.65. The summed E-state index contributed by atoms with van der Waals surface area (Å²) in [4.78, 5) is 11.3. The first kappa shape index (κ1) is 16.1. The Bertz CT molecular complexity index is 620. The van der Waals surface area contributed by atoms with Crippen LogP contribution in [-0.4, -0.2) is 19.0 Å². The summed E-state index contributed by atoms with van der Waals surface area (Å²) in [5.74, 6) is 1.71. The maximum absolute atomic E-state index is 11.3. The highest BCUT2D eigenvalue weighted by Crippen LogP contribution is 2.15. The van der Waals surface area contributed by atoms with Gasteiger partial charge in [-0.05, 0) is 56.5 Å². The fourth-order valence-corrected chi connectivity index (χ4v) is 2.09. The number of rotatable bonds is 8. The number of carbonyl (C=O) groups is 1. The largest absolute Gasteiger partial charge is 0.494 e. The van der Waals surface area contributed by atoms with Gasteiger partial charge >= 0.3 is 0 Å². The second-order valence-electron chi connectivity index (χ2n) is 5.30. The SMILES string of the molecule is CC(=O)c1cccc(OCCCCOc2cccc(C)c2)c1. The number of aryl methyl sites for hydroxylation is 1. The third-order valence-electron chi connectivity index (χ3n) is 3.31. The van der Waals surface area contributed by atoms with Crippen LogP contribution in [0.2, 0.25) is 0 Å². The zero-order valence-electron chi connectivity index (χ0n) is 13.2. The van der Waals surface area contributed by atoms with Gasteiger partial charge in [0.15, 0.2) is 5.78 Å². The molecule has 0 radical (unpaired) electrons. The Morgan fingerprint density at radius 1 is 0.909 bits per heavy atom. The number of ketones is 1. The first-order valence-corrected chi connectivity index (χ1v) is 7.58. The predicted molar refractivity (Wildman–Crippen MR) is 87.8 cm³/mol. The highest BCUT2D eigenvalue weighted by Gasteiger charge is 2.01. The number of Topliss-reactive ketones (excluding diaryl/α,β-unsaturated/α-hetero) is 1. The maximum Gasteiger partial charge on any atom is 0.159 e. The molecule has 0 aliphatic heterocycles. The zero-order chi connectivity index (χ0) is 15.8. The molecule has 2 aromatic rings. The van der Waals surface area contributed by atoms with Crippen molar-refractivity contribution < 1.29 is 14.3 Å². The van der Waals surface area contributed by atoms with Crippen molar-refractivity contribution in [3.05, 3.63) is 59.7 Å². The van der Waals surface area contributed by atoms with Crippen molar-refractivity contribution in [3.8, 4) is 11.5 Å². The van der Waals surface area contributed by atoms with Crippen LogP contribution >= 0.6 is 0 Å². The molecule has 3 nitrogen and oxygen atoms in total. The van der Waals surface area contributed by atoms with Crippen molar-refractivity contribution in [2.45, 2.75) is 26.7 Å². The van der Waals surface area contributed by atoms with Crippen molar-refractivity contribution in [2.24, 2.45) is 0 Å². The van der Waals surface area contributed by atoms with Gasteiger partial charge in [-0.3, -0.25) is 4.79 Å². The smallest absolute Gasteiger partial charge is 0.159 e. The molecule has 0 fully saturated rings. The fraction of sp³-hybridized carbons (Fsp3) is 0.316. The summed E-state index contributed by atoms with van der Waals surface area (Å²) in [6.07, 6.45) is 1.84. The summed E-state index contributed by atoms with van der Waals surface area (Å²) in [5, 5.41) is 0. The van der Waals surface area contributed by atoms with Crippen LogP contribution in [0.15, 0.2) is 48.5 Å². The average molecular weight is 298 g/mol. The highest BCUT2D eigenvalue weighted by atomic mass is 16.5. The predicted octanol–water partition coefficient (Wildman–Crippen LogP) is 4.44. The zero-order valence-corrected chi connectivity index (χ0v) is 13.2. The van der Waals surface area contributed by atoms with Gasteiger partial charge in [0.1, 0.15) is 11.5 Å². The molecule has 0 bridgehead atoms. The van der Waals surface area contributed by atoms with Crippen LogP contribution in [0, 0.1) is 6.92 Å². The van der Waals surface area contributed by atoms with Gasteiger partial charge < -0.3 is 9.47 Å². The van der Waals surface area contributed by atoms with E-state index in [1.54, 1.807) is 19.1 Å². The van der Waals surface area contributed by atoms with E-state index in [0.717, 1.165) is 24.3 Å². The van der Waals surface area contributed by atoms with E-state index in [1.807, 2.05) is 30.3 Å². The van der Waals surface area contributed by atoms with Gasteiger partial charge in [0.05, 0.1) is 13.2 Å². The Hall–Kier alpha value is -2.29. The number of hydrogen-bond acceptors (Lipinski definition) is 3. The Morgan fingerprint density at radius 3 is 2.09 bits per heavy atom. The molecule has 0 unspecified atom stereocenters. The number of ether oxygens (including phenoxy) is 2. The van der Waals surface area contributed by atoms with Gasteiger partial charge in [-0.25, -0.2) is 0 Å². The van der Waals surface area contributed by atoms with E-state index >= 15 is 0 Å². The van der Waals surface area contributed by atoms with Crippen LogP contribution in [0.3, 0.4) is 0 Å². The third kappa shape index (κ3) is 5.24. The van der Waals surface area contributed by atoms with E-state index in [0.29, 0.717) is 18.8 Å². The molecule has 0 aromatic heterocycles. The minimum absolute atomic E-state index is 0.0528. The summed E-state index contributed by atoms with van der Waals surface area (Å²) < 4.78 is 11.3. The summed E-state index contributed by atoms with van der Waals surface area (Å²) >= 11 is 0. The van der Waals surface area contributed by atoms with Crippen molar-refractivity contribution >= 4 is 5.78 Å². The molecule has 0 spiro atoms. The van der Waals surface area contributed by atoms with Crippen molar-refractivity contribution in [1.29, 1.82) is 0 Å². The molecule has 116 valence electrons. The lowest BCUT2D eigenvalue weighted by Crippen LogP contribution is -2.03. The summed E-state index contributed by atoms with van der Waals surface area (Å²) in [6.45, 7) is 4.91. The van der Waals surface area contributed by atoms with Crippen molar-refractivity contribution in [2.75, 3.05) is 13.2 Å². The van der Waals surface area contributed by atoms with E-state index in [1.165, 1.54) is 5.56 Å². The molecule has 2 rings (SSSR count). The maximum atomic E-state index is 11.3. The minimum atomic E-state index is 0.0528.